The van der Waals surface area contributed by atoms with Crippen LogP contribution in [-0.2, 0) is 21.5 Å². The average Bonchev–Trinajstić information content (AvgIpc) is 3.52. The van der Waals surface area contributed by atoms with Crippen molar-refractivity contribution >= 4 is 33.9 Å². The van der Waals surface area contributed by atoms with Gasteiger partial charge in [0.1, 0.15) is 11.5 Å². The van der Waals surface area contributed by atoms with Crippen molar-refractivity contribution in [2.75, 3.05) is 60.5 Å². The fourth-order valence-electron chi connectivity index (χ4n) is 5.60. The van der Waals surface area contributed by atoms with Gasteiger partial charge >= 0.3 is 0 Å². The molecule has 0 spiro atoms. The molecule has 1 aromatic carbocycles. The Morgan fingerprint density at radius 1 is 1.03 bits per heavy atom. The monoisotopic (exact) mass is 510 g/mol. The van der Waals surface area contributed by atoms with Gasteiger partial charge in [0, 0.05) is 56.6 Å². The highest BCUT2D eigenvalue weighted by molar-refractivity contribution is 7.17. The molecule has 2 amide bonds. The van der Waals surface area contributed by atoms with Crippen molar-refractivity contribution in [2.24, 2.45) is 0 Å². The molecule has 2 aliphatic heterocycles. The molecule has 0 aliphatic carbocycles. The first-order chi connectivity index (χ1) is 17.5. The van der Waals surface area contributed by atoms with Crippen molar-refractivity contribution in [3.05, 3.63) is 47.0 Å². The van der Waals surface area contributed by atoms with E-state index >= 15 is 0 Å². The number of likely N-dealkylation sites (tertiary alicyclic amines) is 1. The molecule has 2 aliphatic rings. The van der Waals surface area contributed by atoms with E-state index in [1.165, 1.54) is 4.70 Å². The molecule has 0 N–H and O–H groups in total. The topological polar surface area (TPSA) is 67.2 Å². The number of amides is 2. The van der Waals surface area contributed by atoms with Crippen LogP contribution in [0.2, 0.25) is 0 Å². The molecule has 192 valence electrons. The quantitative estimate of drug-likeness (QED) is 0.457. The lowest BCUT2D eigenvalue weighted by atomic mass is 9.74. The molecule has 9 heteroatoms. The van der Waals surface area contributed by atoms with E-state index in [9.17, 15) is 9.59 Å². The fraction of sp³-hybridized carbons (Fsp3) is 0.481. The van der Waals surface area contributed by atoms with Crippen molar-refractivity contribution in [3.63, 3.8) is 0 Å². The minimum absolute atomic E-state index is 0.189. The Morgan fingerprint density at radius 3 is 2.44 bits per heavy atom. The number of methoxy groups -OCH3 is 2. The summed E-state index contributed by atoms with van der Waals surface area (Å²) in [5, 5.41) is 2.10. The van der Waals surface area contributed by atoms with Crippen LogP contribution in [0.1, 0.15) is 24.1 Å². The number of carbonyl (C=O) groups excluding carboxylic acids is 2. The zero-order chi connectivity index (χ0) is 25.3. The molecule has 0 unspecified atom stereocenters. The molecular weight excluding hydrogens is 476 g/mol. The summed E-state index contributed by atoms with van der Waals surface area (Å²) in [7, 11) is 5.41. The zero-order valence-electron chi connectivity index (χ0n) is 21.2. The van der Waals surface area contributed by atoms with Crippen molar-refractivity contribution < 1.29 is 19.1 Å². The molecule has 2 aromatic heterocycles. The molecule has 2 saturated heterocycles. The number of aromatic nitrogens is 1. The molecule has 5 rings (SSSR count). The first-order valence-electron chi connectivity index (χ1n) is 12.4. The second-order valence-electron chi connectivity index (χ2n) is 9.78. The SMILES string of the molecule is COc1ccc(Cn2c(C3(C(=O)N4CCN(C)CC4)CCN(C=O)CC3)cc3sccc32)c(OC)c1. The van der Waals surface area contributed by atoms with E-state index in [1.807, 2.05) is 23.1 Å². The number of piperidine rings is 1. The third kappa shape index (κ3) is 4.35. The third-order valence-electron chi connectivity index (χ3n) is 7.84. The maximum absolute atomic E-state index is 14.3. The van der Waals surface area contributed by atoms with Crippen molar-refractivity contribution in [1.29, 1.82) is 0 Å². The lowest BCUT2D eigenvalue weighted by Crippen LogP contribution is -2.57. The van der Waals surface area contributed by atoms with Crippen LogP contribution in [0.15, 0.2) is 35.7 Å². The van der Waals surface area contributed by atoms with Crippen LogP contribution in [0.3, 0.4) is 0 Å². The van der Waals surface area contributed by atoms with Crippen LogP contribution in [0.4, 0.5) is 0 Å². The summed E-state index contributed by atoms with van der Waals surface area (Å²) >= 11 is 1.69. The second kappa shape index (κ2) is 10.1. The van der Waals surface area contributed by atoms with Crippen molar-refractivity contribution in [2.45, 2.75) is 24.8 Å². The Balaban J connectivity index is 1.59. The number of thiophene rings is 1. The molecule has 0 atom stereocenters. The molecule has 0 radical (unpaired) electrons. The molecular formula is C27H34N4O4S. The summed E-state index contributed by atoms with van der Waals surface area (Å²) in [6, 6.07) is 10.2. The molecule has 2 fully saturated rings. The Kier molecular flexibility index (Phi) is 6.94. The lowest BCUT2D eigenvalue weighted by Gasteiger charge is -2.44. The van der Waals surface area contributed by atoms with Gasteiger partial charge in [-0.05, 0) is 49.5 Å². The van der Waals surface area contributed by atoms with Gasteiger partial charge in [-0.15, -0.1) is 11.3 Å². The number of likely N-dealkylation sites (N-methyl/N-ethyl adjacent to an activating group) is 1. The largest absolute Gasteiger partial charge is 0.497 e. The number of ether oxygens (including phenoxy) is 2. The van der Waals surface area contributed by atoms with Gasteiger partial charge in [0.05, 0.1) is 36.4 Å². The van der Waals surface area contributed by atoms with Gasteiger partial charge in [0.2, 0.25) is 12.3 Å². The highest BCUT2D eigenvalue weighted by atomic mass is 32.1. The van der Waals surface area contributed by atoms with Crippen LogP contribution in [0, 0.1) is 0 Å². The highest BCUT2D eigenvalue weighted by Crippen LogP contribution is 2.42. The normalized spacial score (nSPS) is 18.4. The second-order valence-corrected chi connectivity index (χ2v) is 10.7. The van der Waals surface area contributed by atoms with E-state index in [2.05, 4.69) is 34.0 Å². The van der Waals surface area contributed by atoms with Gasteiger partial charge in [0.25, 0.3) is 0 Å². The van der Waals surface area contributed by atoms with E-state index in [-0.39, 0.29) is 5.91 Å². The third-order valence-corrected chi connectivity index (χ3v) is 8.69. The number of rotatable bonds is 7. The fourth-order valence-corrected chi connectivity index (χ4v) is 6.42. The van der Waals surface area contributed by atoms with E-state index < -0.39 is 5.41 Å². The summed E-state index contributed by atoms with van der Waals surface area (Å²) in [4.78, 5) is 32.0. The maximum atomic E-state index is 14.3. The lowest BCUT2D eigenvalue weighted by molar-refractivity contribution is -0.142. The van der Waals surface area contributed by atoms with Crippen molar-refractivity contribution in [3.8, 4) is 11.5 Å². The summed E-state index contributed by atoms with van der Waals surface area (Å²) in [6.45, 7) is 4.95. The number of hydrogen-bond acceptors (Lipinski definition) is 6. The van der Waals surface area contributed by atoms with Crippen molar-refractivity contribution in [1.82, 2.24) is 19.3 Å². The Bertz CT molecular complexity index is 1240. The zero-order valence-corrected chi connectivity index (χ0v) is 22.1. The summed E-state index contributed by atoms with van der Waals surface area (Å²) in [5.41, 5.74) is 2.51. The van der Waals surface area contributed by atoms with Gasteiger partial charge in [-0.25, -0.2) is 0 Å². The number of nitrogens with zero attached hydrogens (tertiary/aromatic N) is 4. The van der Waals surface area contributed by atoms with E-state index in [0.29, 0.717) is 32.5 Å². The summed E-state index contributed by atoms with van der Waals surface area (Å²) in [6.07, 6.45) is 2.14. The number of benzene rings is 1. The number of fused-ring (bicyclic) bond motifs is 1. The van der Waals surface area contributed by atoms with Gasteiger partial charge < -0.3 is 28.7 Å². The summed E-state index contributed by atoms with van der Waals surface area (Å²) in [5.74, 6) is 1.69. The Morgan fingerprint density at radius 2 is 1.78 bits per heavy atom. The van der Waals surface area contributed by atoms with Crippen LogP contribution in [0.25, 0.3) is 10.2 Å². The number of carbonyl (C=O) groups is 2. The molecule has 36 heavy (non-hydrogen) atoms. The van der Waals surface area contributed by atoms with Gasteiger partial charge in [-0.1, -0.05) is 0 Å². The predicted molar refractivity (Wildman–Crippen MR) is 141 cm³/mol. The predicted octanol–water partition coefficient (Wildman–Crippen LogP) is 3.03. The highest BCUT2D eigenvalue weighted by Gasteiger charge is 2.47. The first kappa shape index (κ1) is 24.6. The van der Waals surface area contributed by atoms with Crippen LogP contribution >= 0.6 is 11.3 Å². The standard InChI is InChI=1S/C27H34N4O4S/c1-28-11-13-30(14-12-28)26(33)27(7-9-29(19-32)10-8-27)25-17-24-22(6-15-36-24)31(25)18-20-4-5-21(34-2)16-23(20)35-3/h4-6,15-17,19H,7-14,18H2,1-3H3. The van der Waals surface area contributed by atoms with Gasteiger partial charge in [0.15, 0.2) is 0 Å². The van der Waals surface area contributed by atoms with Gasteiger partial charge in [-0.2, -0.15) is 0 Å². The minimum atomic E-state index is -0.673. The molecule has 8 nitrogen and oxygen atoms in total. The Labute approximate surface area is 216 Å². The Hall–Kier alpha value is -3.04. The van der Waals surface area contributed by atoms with Crippen LogP contribution < -0.4 is 9.47 Å². The molecule has 0 saturated carbocycles. The average molecular weight is 511 g/mol. The van der Waals surface area contributed by atoms with E-state index in [1.54, 1.807) is 30.5 Å². The molecule has 4 heterocycles. The smallest absolute Gasteiger partial charge is 0.234 e. The van der Waals surface area contributed by atoms with Crippen LogP contribution in [-0.4, -0.2) is 92.1 Å². The number of piperazine rings is 1. The molecule has 3 aromatic rings. The van der Waals surface area contributed by atoms with E-state index in [0.717, 1.165) is 60.9 Å². The van der Waals surface area contributed by atoms with Crippen LogP contribution in [0.5, 0.6) is 11.5 Å². The first-order valence-corrected chi connectivity index (χ1v) is 13.3. The number of hydrogen-bond donors (Lipinski definition) is 0. The minimum Gasteiger partial charge on any atom is -0.497 e. The molecule has 0 bridgehead atoms. The van der Waals surface area contributed by atoms with Gasteiger partial charge in [-0.3, -0.25) is 9.59 Å². The summed E-state index contributed by atoms with van der Waals surface area (Å²) < 4.78 is 14.6. The van der Waals surface area contributed by atoms with E-state index in [4.69, 9.17) is 9.47 Å². The maximum Gasteiger partial charge on any atom is 0.234 e.